The van der Waals surface area contributed by atoms with E-state index in [0.29, 0.717) is 6.54 Å². The summed E-state index contributed by atoms with van der Waals surface area (Å²) in [5, 5.41) is 13.9. The van der Waals surface area contributed by atoms with E-state index in [4.69, 9.17) is 0 Å². The van der Waals surface area contributed by atoms with E-state index < -0.39 is 4.92 Å². The van der Waals surface area contributed by atoms with Crippen molar-refractivity contribution in [1.29, 1.82) is 0 Å². The van der Waals surface area contributed by atoms with Crippen LogP contribution < -0.4 is 16.2 Å². The van der Waals surface area contributed by atoms with Crippen LogP contribution in [0.25, 0.3) is 0 Å². The maximum Gasteiger partial charge on any atom is 0.269 e. The van der Waals surface area contributed by atoms with Crippen LogP contribution in [0.1, 0.15) is 44.2 Å². The largest absolute Gasteiger partial charge is 0.353 e. The van der Waals surface area contributed by atoms with Crippen molar-refractivity contribution in [2.75, 3.05) is 6.54 Å². The summed E-state index contributed by atoms with van der Waals surface area (Å²) in [6, 6.07) is 6.48. The van der Waals surface area contributed by atoms with Crippen LogP contribution in [-0.2, 0) is 4.79 Å². The van der Waals surface area contributed by atoms with Gasteiger partial charge in [-0.1, -0.05) is 19.1 Å². The Morgan fingerprint density at radius 3 is 2.50 bits per heavy atom. The van der Waals surface area contributed by atoms with Crippen LogP contribution in [-0.4, -0.2) is 23.4 Å². The predicted octanol–water partition coefficient (Wildman–Crippen LogP) is 2.05. The van der Waals surface area contributed by atoms with Gasteiger partial charge in [-0.05, 0) is 37.2 Å². The van der Waals surface area contributed by atoms with E-state index in [-0.39, 0.29) is 29.6 Å². The summed E-state index contributed by atoms with van der Waals surface area (Å²) in [4.78, 5) is 23.0. The molecule has 24 heavy (non-hydrogen) atoms. The second kappa shape index (κ2) is 7.27. The smallest absolute Gasteiger partial charge is 0.269 e. The first-order chi connectivity index (χ1) is 11.5. The van der Waals surface area contributed by atoms with Crippen molar-refractivity contribution >= 4 is 11.6 Å². The van der Waals surface area contributed by atoms with Gasteiger partial charge < -0.3 is 5.32 Å². The number of carbonyl (C=O) groups excluding carboxylic acids is 1. The molecule has 0 radical (unpaired) electrons. The van der Waals surface area contributed by atoms with Crippen LogP contribution in [0.4, 0.5) is 5.69 Å². The van der Waals surface area contributed by atoms with Crippen LogP contribution in [0.15, 0.2) is 24.3 Å². The minimum Gasteiger partial charge on any atom is -0.353 e. The highest BCUT2D eigenvalue weighted by Crippen LogP contribution is 2.28. The number of benzene rings is 1. The van der Waals surface area contributed by atoms with E-state index >= 15 is 0 Å². The van der Waals surface area contributed by atoms with Gasteiger partial charge in [-0.15, -0.1) is 0 Å². The first-order valence-corrected chi connectivity index (χ1v) is 8.57. The van der Waals surface area contributed by atoms with Crippen LogP contribution in [0.3, 0.4) is 0 Å². The lowest BCUT2D eigenvalue weighted by atomic mass is 9.86. The Kier molecular flexibility index (Phi) is 5.11. The second-order valence-electron chi connectivity index (χ2n) is 6.92. The molecule has 1 saturated heterocycles. The van der Waals surface area contributed by atoms with E-state index in [1.165, 1.54) is 12.1 Å². The van der Waals surface area contributed by atoms with Crippen LogP contribution in [0, 0.1) is 22.0 Å². The van der Waals surface area contributed by atoms with Crippen LogP contribution in [0.2, 0.25) is 0 Å². The van der Waals surface area contributed by atoms with E-state index in [0.717, 1.165) is 37.2 Å². The van der Waals surface area contributed by atoms with Crippen molar-refractivity contribution in [2.45, 2.75) is 44.7 Å². The van der Waals surface area contributed by atoms with Gasteiger partial charge in [-0.25, -0.2) is 5.43 Å². The lowest BCUT2D eigenvalue weighted by molar-refractivity contribution is -0.384. The first-order valence-electron chi connectivity index (χ1n) is 8.57. The van der Waals surface area contributed by atoms with Gasteiger partial charge in [0.15, 0.2) is 0 Å². The number of hydrazine groups is 1. The summed E-state index contributed by atoms with van der Waals surface area (Å²) in [5.74, 6) is 0.585. The maximum absolute atomic E-state index is 12.7. The summed E-state index contributed by atoms with van der Waals surface area (Å²) >= 11 is 0. The fraction of sp³-hybridized carbons (Fsp3) is 0.588. The van der Waals surface area contributed by atoms with Crippen LogP contribution >= 0.6 is 0 Å². The van der Waals surface area contributed by atoms with E-state index in [2.05, 4.69) is 23.1 Å². The molecular formula is C17H24N4O3. The third-order valence-corrected chi connectivity index (χ3v) is 5.14. The molecule has 0 aromatic heterocycles. The molecule has 2 aliphatic rings. The lowest BCUT2D eigenvalue weighted by Crippen LogP contribution is -2.42. The van der Waals surface area contributed by atoms with Gasteiger partial charge in [0, 0.05) is 24.7 Å². The van der Waals surface area contributed by atoms with Crippen molar-refractivity contribution in [2.24, 2.45) is 11.8 Å². The fourth-order valence-corrected chi connectivity index (χ4v) is 3.57. The predicted molar refractivity (Wildman–Crippen MR) is 90.0 cm³/mol. The normalized spacial score (nSPS) is 30.0. The van der Waals surface area contributed by atoms with Crippen molar-refractivity contribution < 1.29 is 9.72 Å². The highest BCUT2D eigenvalue weighted by atomic mass is 16.6. The minimum absolute atomic E-state index is 0.0513. The molecule has 1 saturated carbocycles. The zero-order valence-corrected chi connectivity index (χ0v) is 13.8. The molecule has 0 bridgehead atoms. The lowest BCUT2D eigenvalue weighted by Gasteiger charge is -2.28. The van der Waals surface area contributed by atoms with Crippen molar-refractivity contribution in [3.8, 4) is 0 Å². The summed E-state index contributed by atoms with van der Waals surface area (Å²) in [6.07, 6.45) is 4.42. The van der Waals surface area contributed by atoms with Crippen molar-refractivity contribution in [3.63, 3.8) is 0 Å². The molecule has 2 atom stereocenters. The van der Waals surface area contributed by atoms with E-state index in [1.54, 1.807) is 12.1 Å². The Morgan fingerprint density at radius 1 is 1.21 bits per heavy atom. The summed E-state index contributed by atoms with van der Waals surface area (Å²) in [7, 11) is 0. The molecule has 2 unspecified atom stereocenters. The molecule has 0 spiro atoms. The second-order valence-corrected chi connectivity index (χ2v) is 6.92. The molecule has 130 valence electrons. The molecule has 3 N–H and O–H groups in total. The molecule has 3 rings (SSSR count). The molecule has 7 heteroatoms. The number of amides is 1. The Balaban J connectivity index is 1.64. The number of nitro groups is 1. The third-order valence-electron chi connectivity index (χ3n) is 5.14. The number of non-ortho nitro benzene ring substituents is 1. The van der Waals surface area contributed by atoms with Gasteiger partial charge in [0.25, 0.3) is 5.69 Å². The molecule has 1 aromatic rings. The Morgan fingerprint density at radius 2 is 1.88 bits per heavy atom. The Hall–Kier alpha value is -1.99. The molecule has 1 aliphatic carbocycles. The quantitative estimate of drug-likeness (QED) is 0.579. The zero-order valence-electron chi connectivity index (χ0n) is 13.8. The van der Waals surface area contributed by atoms with Gasteiger partial charge >= 0.3 is 0 Å². The zero-order chi connectivity index (χ0) is 17.1. The topological polar surface area (TPSA) is 96.3 Å². The molecule has 7 nitrogen and oxygen atoms in total. The molecule has 1 aliphatic heterocycles. The number of hydrogen-bond acceptors (Lipinski definition) is 5. The summed E-state index contributed by atoms with van der Waals surface area (Å²) in [6.45, 7) is 2.81. The number of nitro benzene ring substituents is 1. The number of nitrogens with zero attached hydrogens (tertiary/aromatic N) is 1. The highest BCUT2D eigenvalue weighted by molar-refractivity contribution is 5.80. The van der Waals surface area contributed by atoms with Gasteiger partial charge in [0.2, 0.25) is 5.91 Å². The molecule has 1 heterocycles. The first kappa shape index (κ1) is 16.9. The average Bonchev–Trinajstić information content (AvgIpc) is 3.07. The number of nitrogens with one attached hydrogen (secondary N) is 3. The average molecular weight is 332 g/mol. The highest BCUT2D eigenvalue weighted by Gasteiger charge is 2.35. The Bertz CT molecular complexity index is 596. The number of rotatable bonds is 4. The van der Waals surface area contributed by atoms with Gasteiger partial charge in [0.1, 0.15) is 0 Å². The van der Waals surface area contributed by atoms with Gasteiger partial charge in [-0.3, -0.25) is 20.3 Å². The van der Waals surface area contributed by atoms with Gasteiger partial charge in [0.05, 0.1) is 16.9 Å². The Labute approximate surface area is 141 Å². The molecular weight excluding hydrogens is 308 g/mol. The van der Waals surface area contributed by atoms with Crippen LogP contribution in [0.5, 0.6) is 0 Å². The standard InChI is InChI=1S/C17H24N4O3/c1-11-2-6-13(7-3-11)19-17(22)15-10-18-20-16(15)12-4-8-14(9-5-12)21(23)24/h4-5,8-9,11,13,15-16,18,20H,2-3,6-7,10H2,1H3,(H,19,22). The summed E-state index contributed by atoms with van der Waals surface area (Å²) < 4.78 is 0. The van der Waals surface area contributed by atoms with E-state index in [9.17, 15) is 14.9 Å². The number of hydrogen-bond donors (Lipinski definition) is 3. The van der Waals surface area contributed by atoms with Crippen molar-refractivity contribution in [3.05, 3.63) is 39.9 Å². The minimum atomic E-state index is -0.418. The molecule has 2 fully saturated rings. The number of carbonyl (C=O) groups is 1. The van der Waals surface area contributed by atoms with E-state index in [1.807, 2.05) is 0 Å². The monoisotopic (exact) mass is 332 g/mol. The fourth-order valence-electron chi connectivity index (χ4n) is 3.57. The third kappa shape index (κ3) is 3.73. The molecule has 1 amide bonds. The maximum atomic E-state index is 12.7. The van der Waals surface area contributed by atoms with Crippen molar-refractivity contribution in [1.82, 2.24) is 16.2 Å². The van der Waals surface area contributed by atoms with Gasteiger partial charge in [-0.2, -0.15) is 0 Å². The summed E-state index contributed by atoms with van der Waals surface area (Å²) in [5.41, 5.74) is 7.09. The molecule has 1 aromatic carbocycles. The SMILES string of the molecule is CC1CCC(NC(=O)C2CNNC2c2ccc([N+](=O)[O-])cc2)CC1.